The van der Waals surface area contributed by atoms with Crippen molar-refractivity contribution in [2.75, 3.05) is 0 Å². The van der Waals surface area contributed by atoms with Crippen molar-refractivity contribution in [1.82, 2.24) is 4.98 Å². The molecule has 0 spiro atoms. The Hall–Kier alpha value is -2.35. The first-order valence-electron chi connectivity index (χ1n) is 12.3. The Balaban J connectivity index is 2.02. The van der Waals surface area contributed by atoms with Crippen LogP contribution < -0.4 is 4.57 Å². The van der Waals surface area contributed by atoms with E-state index >= 15 is 0 Å². The second-order valence-electron chi connectivity index (χ2n) is 9.24. The summed E-state index contributed by atoms with van der Waals surface area (Å²) in [6.45, 7) is 8.17. The van der Waals surface area contributed by atoms with Gasteiger partial charge < -0.3 is 0 Å². The summed E-state index contributed by atoms with van der Waals surface area (Å²) in [4.78, 5) is 3.68. The van der Waals surface area contributed by atoms with Crippen LogP contribution in [0.4, 0.5) is 0 Å². The standard InChI is InChI=1S/C29H40N2/c1-4-6-10-20-27(28-30-21-23-31(28)22-15-7-5-2)29(3,26-18-13-9-14-19-26)24-25-16-11-8-12-17-25/h8-9,11-14,16-19,21,23,27H,4-7,10,15,20,22,24H2,1-3H3/p+1. The minimum absolute atomic E-state index is 0.0215. The number of rotatable bonds is 13. The number of nitrogens with one attached hydrogen (secondary N) is 1. The van der Waals surface area contributed by atoms with Gasteiger partial charge in [-0.15, -0.1) is 0 Å². The fraction of sp³-hybridized carbons (Fsp3) is 0.483. The molecule has 1 heterocycles. The van der Waals surface area contributed by atoms with Crippen molar-refractivity contribution in [3.63, 3.8) is 0 Å². The molecule has 0 saturated carbocycles. The van der Waals surface area contributed by atoms with Crippen molar-refractivity contribution in [3.05, 3.63) is 90.0 Å². The van der Waals surface area contributed by atoms with Gasteiger partial charge in [-0.25, -0.2) is 9.55 Å². The molecule has 2 heteroatoms. The highest BCUT2D eigenvalue weighted by molar-refractivity contribution is 5.32. The molecule has 0 aliphatic carbocycles. The Morgan fingerprint density at radius 2 is 1.48 bits per heavy atom. The summed E-state index contributed by atoms with van der Waals surface area (Å²) in [5, 5.41) is 0. The van der Waals surface area contributed by atoms with Crippen LogP contribution in [-0.2, 0) is 18.4 Å². The number of aromatic nitrogens is 2. The first kappa shape index (κ1) is 23.3. The molecule has 0 aliphatic rings. The van der Waals surface area contributed by atoms with Gasteiger partial charge in [-0.1, -0.05) is 107 Å². The monoisotopic (exact) mass is 417 g/mol. The first-order valence-corrected chi connectivity index (χ1v) is 12.3. The number of unbranched alkanes of at least 4 members (excludes halogenated alkanes) is 4. The van der Waals surface area contributed by atoms with Crippen LogP contribution in [0.5, 0.6) is 0 Å². The second kappa shape index (κ2) is 11.9. The molecular formula is C29H41N2+. The first-order chi connectivity index (χ1) is 15.2. The molecule has 3 aromatic rings. The Morgan fingerprint density at radius 3 is 2.16 bits per heavy atom. The maximum Gasteiger partial charge on any atom is 0.258 e. The summed E-state index contributed by atoms with van der Waals surface area (Å²) in [5.41, 5.74) is 2.88. The minimum Gasteiger partial charge on any atom is -0.247 e. The SMILES string of the molecule is CCCCCC(c1[nH]cc[n+]1CCCCC)C(C)(Cc1ccccc1)c1ccccc1. The van der Waals surface area contributed by atoms with E-state index in [2.05, 4.69) is 103 Å². The number of benzene rings is 2. The molecule has 2 aromatic carbocycles. The summed E-state index contributed by atoms with van der Waals surface area (Å²) in [5.74, 6) is 1.84. The summed E-state index contributed by atoms with van der Waals surface area (Å²) in [7, 11) is 0. The average Bonchev–Trinajstić information content (AvgIpc) is 3.26. The number of H-pyrrole nitrogens is 1. The van der Waals surface area contributed by atoms with Crippen molar-refractivity contribution < 1.29 is 4.57 Å². The lowest BCUT2D eigenvalue weighted by Crippen LogP contribution is -2.43. The van der Waals surface area contributed by atoms with E-state index in [9.17, 15) is 0 Å². The van der Waals surface area contributed by atoms with E-state index in [0.29, 0.717) is 5.92 Å². The summed E-state index contributed by atoms with van der Waals surface area (Å²) in [6, 6.07) is 22.2. The highest BCUT2D eigenvalue weighted by atomic mass is 15.1. The number of aromatic amines is 1. The zero-order valence-corrected chi connectivity index (χ0v) is 19.8. The Kier molecular flexibility index (Phi) is 8.94. The van der Waals surface area contributed by atoms with Crippen molar-refractivity contribution in [3.8, 4) is 0 Å². The molecule has 0 fully saturated rings. The maximum absolute atomic E-state index is 3.68. The molecule has 0 amide bonds. The van der Waals surface area contributed by atoms with Crippen LogP contribution >= 0.6 is 0 Å². The summed E-state index contributed by atoms with van der Waals surface area (Å²) >= 11 is 0. The molecule has 2 atom stereocenters. The third-order valence-corrected chi connectivity index (χ3v) is 6.84. The Bertz CT molecular complexity index is 868. The number of hydrogen-bond acceptors (Lipinski definition) is 0. The summed E-state index contributed by atoms with van der Waals surface area (Å²) in [6.07, 6.45) is 14.3. The molecule has 2 unspecified atom stereocenters. The number of hydrogen-bond donors (Lipinski definition) is 1. The van der Waals surface area contributed by atoms with Gasteiger partial charge in [0.2, 0.25) is 0 Å². The van der Waals surface area contributed by atoms with Crippen LogP contribution in [0, 0.1) is 0 Å². The zero-order chi connectivity index (χ0) is 21.9. The van der Waals surface area contributed by atoms with E-state index in [1.54, 1.807) is 0 Å². The molecular weight excluding hydrogens is 376 g/mol. The fourth-order valence-electron chi connectivity index (χ4n) is 5.02. The van der Waals surface area contributed by atoms with E-state index < -0.39 is 0 Å². The third-order valence-electron chi connectivity index (χ3n) is 6.84. The van der Waals surface area contributed by atoms with E-state index in [1.165, 1.54) is 61.9 Å². The molecule has 31 heavy (non-hydrogen) atoms. The average molecular weight is 418 g/mol. The molecule has 1 aromatic heterocycles. The molecule has 0 radical (unpaired) electrons. The molecule has 2 nitrogen and oxygen atoms in total. The molecule has 0 aliphatic heterocycles. The van der Waals surface area contributed by atoms with Gasteiger partial charge in [0.25, 0.3) is 5.82 Å². The van der Waals surface area contributed by atoms with Gasteiger partial charge in [0, 0.05) is 5.41 Å². The molecule has 0 bridgehead atoms. The van der Waals surface area contributed by atoms with Crippen molar-refractivity contribution in [2.45, 2.75) is 90.0 Å². The Labute approximate surface area is 189 Å². The zero-order valence-electron chi connectivity index (χ0n) is 19.8. The van der Waals surface area contributed by atoms with Crippen LogP contribution in [0.15, 0.2) is 73.1 Å². The lowest BCUT2D eigenvalue weighted by molar-refractivity contribution is -0.705. The predicted octanol–water partition coefficient (Wildman–Crippen LogP) is 7.36. The van der Waals surface area contributed by atoms with Gasteiger partial charge in [0.05, 0.1) is 12.5 Å². The number of aryl methyl sites for hydroxylation is 1. The molecule has 3 rings (SSSR count). The minimum atomic E-state index is 0.0215. The number of imidazole rings is 1. The number of nitrogens with zero attached hydrogens (tertiary/aromatic N) is 1. The van der Waals surface area contributed by atoms with Crippen molar-refractivity contribution >= 4 is 0 Å². The van der Waals surface area contributed by atoms with E-state index in [1.807, 2.05) is 0 Å². The van der Waals surface area contributed by atoms with Crippen molar-refractivity contribution in [1.29, 1.82) is 0 Å². The van der Waals surface area contributed by atoms with Gasteiger partial charge in [0.1, 0.15) is 12.4 Å². The van der Waals surface area contributed by atoms with E-state index in [4.69, 9.17) is 0 Å². The highest BCUT2D eigenvalue weighted by Crippen LogP contribution is 2.43. The van der Waals surface area contributed by atoms with Crippen LogP contribution in [0.2, 0.25) is 0 Å². The molecule has 166 valence electrons. The predicted molar refractivity (Wildman–Crippen MR) is 131 cm³/mol. The van der Waals surface area contributed by atoms with Crippen LogP contribution in [0.25, 0.3) is 0 Å². The largest absolute Gasteiger partial charge is 0.258 e. The normalized spacial score (nSPS) is 14.3. The smallest absolute Gasteiger partial charge is 0.247 e. The van der Waals surface area contributed by atoms with Gasteiger partial charge in [-0.3, -0.25) is 0 Å². The van der Waals surface area contributed by atoms with Gasteiger partial charge >= 0.3 is 0 Å². The van der Waals surface area contributed by atoms with Gasteiger partial charge in [-0.2, -0.15) is 0 Å². The van der Waals surface area contributed by atoms with Crippen molar-refractivity contribution in [2.24, 2.45) is 0 Å². The highest BCUT2D eigenvalue weighted by Gasteiger charge is 2.41. The third kappa shape index (κ3) is 6.09. The second-order valence-corrected chi connectivity index (χ2v) is 9.24. The maximum atomic E-state index is 3.68. The molecule has 0 saturated heterocycles. The van der Waals surface area contributed by atoms with Crippen LogP contribution in [0.3, 0.4) is 0 Å². The van der Waals surface area contributed by atoms with E-state index in [0.717, 1.165) is 13.0 Å². The van der Waals surface area contributed by atoms with Gasteiger partial charge in [-0.05, 0) is 36.8 Å². The summed E-state index contributed by atoms with van der Waals surface area (Å²) < 4.78 is 2.50. The lowest BCUT2D eigenvalue weighted by Gasteiger charge is -2.37. The van der Waals surface area contributed by atoms with E-state index in [-0.39, 0.29) is 5.41 Å². The molecule has 1 N–H and O–H groups in total. The Morgan fingerprint density at radius 1 is 0.839 bits per heavy atom. The lowest BCUT2D eigenvalue weighted by atomic mass is 9.66. The van der Waals surface area contributed by atoms with Gasteiger partial charge in [0.15, 0.2) is 0 Å². The quantitative estimate of drug-likeness (QED) is 0.221. The fourth-order valence-corrected chi connectivity index (χ4v) is 5.02. The van der Waals surface area contributed by atoms with Crippen LogP contribution in [-0.4, -0.2) is 4.98 Å². The van der Waals surface area contributed by atoms with Crippen LogP contribution in [0.1, 0.15) is 88.6 Å². The topological polar surface area (TPSA) is 19.7 Å².